The molecular formula is C25H21N3O4. The fourth-order valence-corrected chi connectivity index (χ4v) is 2.94. The predicted octanol–water partition coefficient (Wildman–Crippen LogP) is 3.08. The van der Waals surface area contributed by atoms with Gasteiger partial charge < -0.3 is 15.4 Å². The maximum atomic E-state index is 12.7. The molecule has 0 aliphatic carbocycles. The van der Waals surface area contributed by atoms with Gasteiger partial charge in [-0.2, -0.15) is 5.26 Å². The average molecular weight is 427 g/mol. The van der Waals surface area contributed by atoms with Gasteiger partial charge in [-0.3, -0.25) is 9.59 Å². The standard InChI is InChI=1S/C25H21N3O4/c26-16-19-11-13-21(14-12-19)27-23(29)17-32-25(31)22(15-18-7-3-1-4-8-18)28-24(30)20-9-5-2-6-10-20/h1-14,22H,15,17H2,(H,27,29)(H,28,30)/t22-/m1/s1. The van der Waals surface area contributed by atoms with Crippen LogP contribution in [-0.2, 0) is 20.7 Å². The van der Waals surface area contributed by atoms with Crippen LogP contribution in [0.3, 0.4) is 0 Å². The van der Waals surface area contributed by atoms with Crippen LogP contribution in [0, 0.1) is 11.3 Å². The van der Waals surface area contributed by atoms with E-state index in [1.165, 1.54) is 0 Å². The lowest BCUT2D eigenvalue weighted by molar-refractivity contribution is -0.149. The maximum absolute atomic E-state index is 12.7. The molecule has 3 aromatic rings. The minimum absolute atomic E-state index is 0.218. The molecule has 7 heteroatoms. The average Bonchev–Trinajstić information content (AvgIpc) is 2.83. The van der Waals surface area contributed by atoms with Gasteiger partial charge >= 0.3 is 5.97 Å². The van der Waals surface area contributed by atoms with Crippen molar-refractivity contribution in [3.05, 3.63) is 102 Å². The van der Waals surface area contributed by atoms with Gasteiger partial charge in [0.05, 0.1) is 11.6 Å². The molecule has 0 aliphatic rings. The van der Waals surface area contributed by atoms with Crippen molar-refractivity contribution in [1.82, 2.24) is 5.32 Å². The van der Waals surface area contributed by atoms with Gasteiger partial charge in [0.15, 0.2) is 6.61 Å². The smallest absolute Gasteiger partial charge is 0.329 e. The maximum Gasteiger partial charge on any atom is 0.329 e. The monoisotopic (exact) mass is 427 g/mol. The first kappa shape index (κ1) is 22.2. The van der Waals surface area contributed by atoms with Gasteiger partial charge in [-0.1, -0.05) is 48.5 Å². The SMILES string of the molecule is N#Cc1ccc(NC(=O)COC(=O)[C@@H](Cc2ccccc2)NC(=O)c2ccccc2)cc1. The number of carbonyl (C=O) groups is 3. The Balaban J connectivity index is 1.62. The highest BCUT2D eigenvalue weighted by molar-refractivity contribution is 5.97. The third kappa shape index (κ3) is 6.54. The number of nitriles is 1. The van der Waals surface area contributed by atoms with Crippen LogP contribution in [0.5, 0.6) is 0 Å². The lowest BCUT2D eigenvalue weighted by Gasteiger charge is -2.18. The predicted molar refractivity (Wildman–Crippen MR) is 119 cm³/mol. The number of benzene rings is 3. The Morgan fingerprint density at radius 3 is 2.12 bits per heavy atom. The molecule has 32 heavy (non-hydrogen) atoms. The molecule has 0 heterocycles. The van der Waals surface area contributed by atoms with E-state index < -0.39 is 30.4 Å². The molecule has 3 rings (SSSR count). The molecule has 0 radical (unpaired) electrons. The van der Waals surface area contributed by atoms with E-state index in [9.17, 15) is 14.4 Å². The van der Waals surface area contributed by atoms with Crippen molar-refractivity contribution in [2.45, 2.75) is 12.5 Å². The fraction of sp³-hybridized carbons (Fsp3) is 0.120. The van der Waals surface area contributed by atoms with Crippen LogP contribution in [0.4, 0.5) is 5.69 Å². The zero-order chi connectivity index (χ0) is 22.8. The van der Waals surface area contributed by atoms with Gasteiger partial charge in [-0.25, -0.2) is 4.79 Å². The zero-order valence-corrected chi connectivity index (χ0v) is 17.2. The highest BCUT2D eigenvalue weighted by atomic mass is 16.5. The largest absolute Gasteiger partial charge is 0.454 e. The molecule has 2 N–H and O–H groups in total. The second-order valence-electron chi connectivity index (χ2n) is 6.93. The van der Waals surface area contributed by atoms with Gasteiger partial charge in [0, 0.05) is 17.7 Å². The number of hydrogen-bond acceptors (Lipinski definition) is 5. The molecule has 0 aromatic heterocycles. The molecule has 0 saturated heterocycles. The van der Waals surface area contributed by atoms with Crippen LogP contribution in [-0.4, -0.2) is 30.4 Å². The van der Waals surface area contributed by atoms with E-state index in [4.69, 9.17) is 10.00 Å². The lowest BCUT2D eigenvalue weighted by atomic mass is 10.1. The van der Waals surface area contributed by atoms with Crippen molar-refractivity contribution in [3.63, 3.8) is 0 Å². The van der Waals surface area contributed by atoms with Crippen LogP contribution >= 0.6 is 0 Å². The Morgan fingerprint density at radius 1 is 0.875 bits per heavy atom. The molecule has 1 atom stereocenters. The Labute approximate surface area is 185 Å². The summed E-state index contributed by atoms with van der Waals surface area (Å²) in [7, 11) is 0. The number of anilines is 1. The first-order chi connectivity index (χ1) is 15.5. The van der Waals surface area contributed by atoms with E-state index in [-0.39, 0.29) is 6.42 Å². The lowest BCUT2D eigenvalue weighted by Crippen LogP contribution is -2.44. The Kier molecular flexibility index (Phi) is 7.71. The molecule has 160 valence electrons. The topological polar surface area (TPSA) is 108 Å². The van der Waals surface area contributed by atoms with E-state index in [1.54, 1.807) is 54.6 Å². The van der Waals surface area contributed by atoms with E-state index in [1.807, 2.05) is 36.4 Å². The molecule has 3 aromatic carbocycles. The molecule has 0 spiro atoms. The molecule has 0 bridgehead atoms. The minimum atomic E-state index is -0.965. The fourth-order valence-electron chi connectivity index (χ4n) is 2.94. The Morgan fingerprint density at radius 2 is 1.50 bits per heavy atom. The van der Waals surface area contributed by atoms with Crippen LogP contribution in [0.2, 0.25) is 0 Å². The summed E-state index contributed by atoms with van der Waals surface area (Å²) in [4.78, 5) is 37.4. The summed E-state index contributed by atoms with van der Waals surface area (Å²) >= 11 is 0. The molecule has 0 aliphatic heterocycles. The number of rotatable bonds is 8. The summed E-state index contributed by atoms with van der Waals surface area (Å²) in [5.74, 6) is -1.66. The number of esters is 1. The van der Waals surface area contributed by atoms with E-state index in [2.05, 4.69) is 10.6 Å². The van der Waals surface area contributed by atoms with E-state index >= 15 is 0 Å². The first-order valence-corrected chi connectivity index (χ1v) is 9.91. The van der Waals surface area contributed by atoms with Crippen molar-refractivity contribution in [2.24, 2.45) is 0 Å². The van der Waals surface area contributed by atoms with Gasteiger partial charge in [-0.15, -0.1) is 0 Å². The summed E-state index contributed by atoms with van der Waals surface area (Å²) in [6.45, 7) is -0.509. The molecule has 0 saturated carbocycles. The summed E-state index contributed by atoms with van der Waals surface area (Å²) in [6, 6.07) is 25.1. The second kappa shape index (κ2) is 11.1. The van der Waals surface area contributed by atoms with Gasteiger partial charge in [0.25, 0.3) is 11.8 Å². The zero-order valence-electron chi connectivity index (χ0n) is 17.2. The minimum Gasteiger partial charge on any atom is -0.454 e. The first-order valence-electron chi connectivity index (χ1n) is 9.91. The molecule has 0 unspecified atom stereocenters. The third-order valence-corrected chi connectivity index (χ3v) is 4.55. The van der Waals surface area contributed by atoms with Crippen molar-refractivity contribution in [3.8, 4) is 6.07 Å². The van der Waals surface area contributed by atoms with Crippen molar-refractivity contribution in [2.75, 3.05) is 11.9 Å². The van der Waals surface area contributed by atoms with Crippen LogP contribution in [0.15, 0.2) is 84.9 Å². The van der Waals surface area contributed by atoms with Gasteiger partial charge in [-0.05, 0) is 42.0 Å². The van der Waals surface area contributed by atoms with Gasteiger partial charge in [0.2, 0.25) is 0 Å². The Hall–Kier alpha value is -4.44. The number of ether oxygens (including phenoxy) is 1. The second-order valence-corrected chi connectivity index (χ2v) is 6.93. The number of hydrogen-bond donors (Lipinski definition) is 2. The highest BCUT2D eigenvalue weighted by Crippen LogP contribution is 2.10. The van der Waals surface area contributed by atoms with E-state index in [0.29, 0.717) is 16.8 Å². The third-order valence-electron chi connectivity index (χ3n) is 4.55. The summed E-state index contributed by atoms with van der Waals surface area (Å²) in [5, 5.41) is 14.1. The number of carbonyl (C=O) groups excluding carboxylic acids is 3. The van der Waals surface area contributed by atoms with Crippen LogP contribution in [0.1, 0.15) is 21.5 Å². The molecule has 7 nitrogen and oxygen atoms in total. The summed E-state index contributed by atoms with van der Waals surface area (Å²) < 4.78 is 5.17. The number of nitrogens with zero attached hydrogens (tertiary/aromatic N) is 1. The van der Waals surface area contributed by atoms with Gasteiger partial charge in [0.1, 0.15) is 6.04 Å². The number of amides is 2. The molecular weight excluding hydrogens is 406 g/mol. The van der Waals surface area contributed by atoms with Crippen LogP contribution < -0.4 is 10.6 Å². The summed E-state index contributed by atoms with van der Waals surface area (Å²) in [6.07, 6.45) is 0.218. The number of nitrogens with one attached hydrogen (secondary N) is 2. The van der Waals surface area contributed by atoms with Crippen molar-refractivity contribution < 1.29 is 19.1 Å². The molecule has 2 amide bonds. The van der Waals surface area contributed by atoms with Crippen LogP contribution in [0.25, 0.3) is 0 Å². The quantitative estimate of drug-likeness (QED) is 0.537. The Bertz CT molecular complexity index is 1110. The normalized spacial score (nSPS) is 11.0. The van der Waals surface area contributed by atoms with Crippen molar-refractivity contribution in [1.29, 1.82) is 5.26 Å². The molecule has 0 fully saturated rings. The van der Waals surface area contributed by atoms with E-state index in [0.717, 1.165) is 5.56 Å². The van der Waals surface area contributed by atoms with Crippen molar-refractivity contribution >= 4 is 23.5 Å². The highest BCUT2D eigenvalue weighted by Gasteiger charge is 2.24. The summed E-state index contributed by atoms with van der Waals surface area (Å²) in [5.41, 5.74) is 2.19.